The highest BCUT2D eigenvalue weighted by Gasteiger charge is 2.44. The van der Waals surface area contributed by atoms with Gasteiger partial charge >= 0.3 is 7.12 Å². The third-order valence-electron chi connectivity index (χ3n) is 3.62. The Bertz CT molecular complexity index is 439. The zero-order chi connectivity index (χ0) is 13.9. The van der Waals surface area contributed by atoms with Crippen molar-refractivity contribution in [3.8, 4) is 0 Å². The third-order valence-corrected chi connectivity index (χ3v) is 4.60. The van der Waals surface area contributed by atoms with E-state index in [9.17, 15) is 0 Å². The predicted octanol–water partition coefficient (Wildman–Crippen LogP) is 3.91. The SMILES string of the molecule is C=C1OB(c2sccc2CCCCCC)OC1(C)C. The second-order valence-electron chi connectivity index (χ2n) is 5.62. The molecule has 1 fully saturated rings. The molecule has 1 saturated heterocycles. The molecule has 1 aliphatic heterocycles. The summed E-state index contributed by atoms with van der Waals surface area (Å²) in [6, 6.07) is 2.20. The molecule has 104 valence electrons. The van der Waals surface area contributed by atoms with Gasteiger partial charge in [0.1, 0.15) is 5.60 Å². The number of rotatable bonds is 6. The van der Waals surface area contributed by atoms with Crippen LogP contribution in [-0.2, 0) is 15.7 Å². The van der Waals surface area contributed by atoms with Gasteiger partial charge in [0.25, 0.3) is 0 Å². The molecule has 0 aliphatic carbocycles. The van der Waals surface area contributed by atoms with Gasteiger partial charge in [0.2, 0.25) is 0 Å². The molecule has 0 unspecified atom stereocenters. The predicted molar refractivity (Wildman–Crippen MR) is 82.9 cm³/mol. The molecule has 1 aromatic heterocycles. The van der Waals surface area contributed by atoms with Crippen LogP contribution in [0.25, 0.3) is 0 Å². The topological polar surface area (TPSA) is 18.5 Å². The zero-order valence-corrected chi connectivity index (χ0v) is 13.0. The summed E-state index contributed by atoms with van der Waals surface area (Å²) < 4.78 is 13.0. The van der Waals surface area contributed by atoms with E-state index in [2.05, 4.69) is 24.9 Å². The fraction of sp³-hybridized carbons (Fsp3) is 0.600. The molecule has 19 heavy (non-hydrogen) atoms. The van der Waals surface area contributed by atoms with Crippen LogP contribution >= 0.6 is 11.3 Å². The van der Waals surface area contributed by atoms with Crippen LogP contribution in [0.4, 0.5) is 0 Å². The Hall–Kier alpha value is -0.735. The average Bonchev–Trinajstić information content (AvgIpc) is 2.90. The van der Waals surface area contributed by atoms with E-state index < -0.39 is 0 Å². The van der Waals surface area contributed by atoms with Gasteiger partial charge in [0, 0.05) is 0 Å². The van der Waals surface area contributed by atoms with Gasteiger partial charge in [-0.1, -0.05) is 32.8 Å². The quantitative estimate of drug-likeness (QED) is 0.580. The Morgan fingerprint density at radius 1 is 1.32 bits per heavy atom. The standard InChI is InChI=1S/C15H23BO2S/c1-5-6-7-8-9-13-10-11-19-14(13)16-17-12(2)15(3,4)18-16/h10-11H,2,5-9H2,1,3-4H3. The Kier molecular flexibility index (Phi) is 4.74. The average molecular weight is 278 g/mol. The summed E-state index contributed by atoms with van der Waals surface area (Å²) in [6.07, 6.45) is 6.26. The summed E-state index contributed by atoms with van der Waals surface area (Å²) >= 11 is 1.72. The van der Waals surface area contributed by atoms with Crippen molar-refractivity contribution in [1.82, 2.24) is 0 Å². The van der Waals surface area contributed by atoms with Crippen LogP contribution in [0.3, 0.4) is 0 Å². The van der Waals surface area contributed by atoms with Crippen molar-refractivity contribution in [3.63, 3.8) is 0 Å². The van der Waals surface area contributed by atoms with E-state index in [1.54, 1.807) is 11.3 Å². The van der Waals surface area contributed by atoms with Crippen molar-refractivity contribution in [2.24, 2.45) is 0 Å². The van der Waals surface area contributed by atoms with Gasteiger partial charge in [0.05, 0.1) is 10.5 Å². The van der Waals surface area contributed by atoms with Gasteiger partial charge in [-0.05, 0) is 43.7 Å². The molecule has 0 N–H and O–H groups in total. The molecule has 4 heteroatoms. The van der Waals surface area contributed by atoms with Crippen molar-refractivity contribution < 1.29 is 9.31 Å². The van der Waals surface area contributed by atoms with E-state index in [0.29, 0.717) is 0 Å². The second-order valence-corrected chi connectivity index (χ2v) is 6.57. The normalized spacial score (nSPS) is 17.8. The van der Waals surface area contributed by atoms with Gasteiger partial charge in [0.15, 0.2) is 0 Å². The second kappa shape index (κ2) is 6.14. The Morgan fingerprint density at radius 3 is 2.74 bits per heavy atom. The van der Waals surface area contributed by atoms with Crippen LogP contribution in [0.5, 0.6) is 0 Å². The molecule has 1 aromatic rings. The Morgan fingerprint density at radius 2 is 2.11 bits per heavy atom. The van der Waals surface area contributed by atoms with E-state index in [0.717, 1.165) is 12.2 Å². The lowest BCUT2D eigenvalue weighted by Gasteiger charge is -2.15. The summed E-state index contributed by atoms with van der Waals surface area (Å²) in [5, 5.41) is 2.13. The molecule has 2 heterocycles. The van der Waals surface area contributed by atoms with Crippen LogP contribution in [-0.4, -0.2) is 12.7 Å². The molecule has 0 aromatic carbocycles. The summed E-state index contributed by atoms with van der Waals surface area (Å²) in [6.45, 7) is 10.2. The largest absolute Gasteiger partial charge is 0.574 e. The van der Waals surface area contributed by atoms with E-state index in [1.165, 1.54) is 36.0 Å². The smallest absolute Gasteiger partial charge is 0.533 e. The fourth-order valence-electron chi connectivity index (χ4n) is 2.24. The number of hydrogen-bond acceptors (Lipinski definition) is 3. The van der Waals surface area contributed by atoms with Crippen LogP contribution in [0.1, 0.15) is 52.0 Å². The van der Waals surface area contributed by atoms with Gasteiger partial charge < -0.3 is 9.31 Å². The highest BCUT2D eigenvalue weighted by Crippen LogP contribution is 2.30. The van der Waals surface area contributed by atoms with Crippen molar-refractivity contribution in [1.29, 1.82) is 0 Å². The maximum Gasteiger partial charge on any atom is 0.574 e. The maximum absolute atomic E-state index is 5.96. The number of thiophene rings is 1. The van der Waals surface area contributed by atoms with E-state index in [-0.39, 0.29) is 12.7 Å². The summed E-state index contributed by atoms with van der Waals surface area (Å²) in [5.41, 5.74) is 0.991. The molecule has 0 saturated carbocycles. The van der Waals surface area contributed by atoms with Crippen LogP contribution < -0.4 is 4.78 Å². The zero-order valence-electron chi connectivity index (χ0n) is 12.2. The molecule has 0 amide bonds. The van der Waals surface area contributed by atoms with Crippen LogP contribution in [0.15, 0.2) is 23.8 Å². The first kappa shape index (κ1) is 14.7. The molecule has 0 spiro atoms. The minimum absolute atomic E-state index is 0.260. The minimum atomic E-state index is -0.381. The lowest BCUT2D eigenvalue weighted by molar-refractivity contribution is 0.173. The van der Waals surface area contributed by atoms with Gasteiger partial charge in [-0.3, -0.25) is 0 Å². The maximum atomic E-state index is 5.96. The molecule has 0 bridgehead atoms. The number of aryl methyl sites for hydroxylation is 1. The van der Waals surface area contributed by atoms with E-state index in [1.807, 2.05) is 13.8 Å². The monoisotopic (exact) mass is 278 g/mol. The lowest BCUT2D eigenvalue weighted by Crippen LogP contribution is -2.34. The Labute approximate surface area is 121 Å². The minimum Gasteiger partial charge on any atom is -0.533 e. The van der Waals surface area contributed by atoms with E-state index >= 15 is 0 Å². The highest BCUT2D eigenvalue weighted by molar-refractivity contribution is 7.21. The molecular formula is C15H23BO2S. The van der Waals surface area contributed by atoms with Crippen LogP contribution in [0.2, 0.25) is 0 Å². The molecule has 0 atom stereocenters. The summed E-state index contributed by atoms with van der Waals surface area (Å²) in [4.78, 5) is 0. The molecule has 0 radical (unpaired) electrons. The molecular weight excluding hydrogens is 255 g/mol. The summed E-state index contributed by atoms with van der Waals surface area (Å²) in [7, 11) is -0.260. The van der Waals surface area contributed by atoms with Crippen LogP contribution in [0, 0.1) is 0 Å². The fourth-order valence-corrected chi connectivity index (χ4v) is 3.15. The number of unbranched alkanes of at least 4 members (excludes halogenated alkanes) is 3. The van der Waals surface area contributed by atoms with Crippen molar-refractivity contribution in [2.45, 2.75) is 58.5 Å². The van der Waals surface area contributed by atoms with Crippen molar-refractivity contribution in [3.05, 3.63) is 29.3 Å². The Balaban J connectivity index is 1.98. The number of hydrogen-bond donors (Lipinski definition) is 0. The van der Waals surface area contributed by atoms with Gasteiger partial charge in [-0.2, -0.15) is 11.3 Å². The molecule has 2 nitrogen and oxygen atoms in total. The van der Waals surface area contributed by atoms with Crippen molar-refractivity contribution >= 4 is 23.2 Å². The first-order valence-electron chi connectivity index (χ1n) is 7.14. The van der Waals surface area contributed by atoms with Gasteiger partial charge in [-0.15, -0.1) is 0 Å². The molecule has 2 rings (SSSR count). The van der Waals surface area contributed by atoms with Gasteiger partial charge in [-0.25, -0.2) is 0 Å². The lowest BCUT2D eigenvalue weighted by atomic mass is 9.83. The van der Waals surface area contributed by atoms with E-state index in [4.69, 9.17) is 9.31 Å². The first-order valence-corrected chi connectivity index (χ1v) is 8.02. The highest BCUT2D eigenvalue weighted by atomic mass is 32.1. The van der Waals surface area contributed by atoms with Crippen molar-refractivity contribution in [2.75, 3.05) is 0 Å². The first-order chi connectivity index (χ1) is 9.04. The third kappa shape index (κ3) is 3.43. The summed E-state index contributed by atoms with van der Waals surface area (Å²) in [5.74, 6) is 0.725. The molecule has 1 aliphatic rings.